The largest absolute Gasteiger partial charge is 0.481 e. The third kappa shape index (κ3) is 4.10. The predicted octanol–water partition coefficient (Wildman–Crippen LogP) is 0.977. The van der Waals surface area contributed by atoms with Gasteiger partial charge in [-0.3, -0.25) is 9.69 Å². The summed E-state index contributed by atoms with van der Waals surface area (Å²) in [6, 6.07) is 0.465. The normalized spacial score (nSPS) is 24.9. The van der Waals surface area contributed by atoms with Crippen molar-refractivity contribution in [3.63, 3.8) is 0 Å². The molecule has 2 rings (SSSR count). The predicted molar refractivity (Wildman–Crippen MR) is 75.6 cm³/mol. The first-order valence-corrected chi connectivity index (χ1v) is 7.55. The van der Waals surface area contributed by atoms with Crippen LogP contribution >= 0.6 is 0 Å². The van der Waals surface area contributed by atoms with Crippen LogP contribution in [0, 0.1) is 5.92 Å². The molecule has 2 saturated heterocycles. The maximum absolute atomic E-state index is 12.1. The first kappa shape index (κ1) is 15.1. The van der Waals surface area contributed by atoms with Gasteiger partial charge in [-0.2, -0.15) is 0 Å². The molecule has 2 aliphatic heterocycles. The zero-order valence-corrected chi connectivity index (χ0v) is 12.2. The van der Waals surface area contributed by atoms with E-state index in [4.69, 9.17) is 5.11 Å². The maximum Gasteiger partial charge on any atom is 0.317 e. The second-order valence-corrected chi connectivity index (χ2v) is 6.02. The molecule has 2 atom stereocenters. The van der Waals surface area contributed by atoms with Crippen LogP contribution in [0.15, 0.2) is 0 Å². The third-order valence-electron chi connectivity index (χ3n) is 4.25. The van der Waals surface area contributed by atoms with E-state index < -0.39 is 5.97 Å². The summed E-state index contributed by atoms with van der Waals surface area (Å²) in [5.74, 6) is -0.852. The van der Waals surface area contributed by atoms with Crippen LogP contribution in [0.4, 0.5) is 4.79 Å². The highest BCUT2D eigenvalue weighted by molar-refractivity contribution is 5.74. The summed E-state index contributed by atoms with van der Waals surface area (Å²) in [5.41, 5.74) is 0. The van der Waals surface area contributed by atoms with E-state index in [-0.39, 0.29) is 18.4 Å². The van der Waals surface area contributed by atoms with Crippen molar-refractivity contribution in [2.45, 2.75) is 38.6 Å². The Hall–Kier alpha value is -1.30. The number of fused-ring (bicyclic) bond motifs is 1. The number of nitrogens with zero attached hydrogens (tertiary/aromatic N) is 2. The fourth-order valence-electron chi connectivity index (χ4n) is 3.08. The molecule has 114 valence electrons. The Kier molecular flexibility index (Phi) is 5.23. The number of hydrogen-bond donors (Lipinski definition) is 2. The molecule has 6 nitrogen and oxygen atoms in total. The Labute approximate surface area is 120 Å². The number of hydrogen-bond acceptors (Lipinski definition) is 3. The van der Waals surface area contributed by atoms with Gasteiger partial charge in [0.05, 0.1) is 0 Å². The van der Waals surface area contributed by atoms with Gasteiger partial charge in [0.15, 0.2) is 0 Å². The van der Waals surface area contributed by atoms with E-state index in [0.29, 0.717) is 12.6 Å². The number of carboxylic acids is 1. The molecule has 0 radical (unpaired) electrons. The first-order chi connectivity index (χ1) is 9.56. The van der Waals surface area contributed by atoms with Gasteiger partial charge in [-0.15, -0.1) is 0 Å². The van der Waals surface area contributed by atoms with Gasteiger partial charge in [0.25, 0.3) is 0 Å². The van der Waals surface area contributed by atoms with Gasteiger partial charge in [-0.05, 0) is 25.3 Å². The molecular formula is C14H25N3O3. The van der Waals surface area contributed by atoms with Crippen molar-refractivity contribution < 1.29 is 14.7 Å². The van der Waals surface area contributed by atoms with E-state index >= 15 is 0 Å². The molecule has 0 aromatic carbocycles. The van der Waals surface area contributed by atoms with Crippen molar-refractivity contribution in [2.75, 3.05) is 32.7 Å². The summed E-state index contributed by atoms with van der Waals surface area (Å²) in [7, 11) is 0. The number of aliphatic carboxylic acids is 1. The van der Waals surface area contributed by atoms with Crippen molar-refractivity contribution >= 4 is 12.0 Å². The summed E-state index contributed by atoms with van der Waals surface area (Å²) >= 11 is 0. The highest BCUT2D eigenvalue weighted by Gasteiger charge is 2.30. The van der Waals surface area contributed by atoms with Gasteiger partial charge < -0.3 is 15.3 Å². The smallest absolute Gasteiger partial charge is 0.317 e. The van der Waals surface area contributed by atoms with Crippen LogP contribution in [0.1, 0.15) is 32.6 Å². The van der Waals surface area contributed by atoms with Crippen molar-refractivity contribution in [1.82, 2.24) is 15.1 Å². The third-order valence-corrected chi connectivity index (χ3v) is 4.25. The van der Waals surface area contributed by atoms with Crippen LogP contribution in [0.2, 0.25) is 0 Å². The summed E-state index contributed by atoms with van der Waals surface area (Å²) < 4.78 is 0. The highest BCUT2D eigenvalue weighted by atomic mass is 16.4. The van der Waals surface area contributed by atoms with Crippen LogP contribution in [0.3, 0.4) is 0 Å². The number of piperazine rings is 1. The first-order valence-electron chi connectivity index (χ1n) is 7.55. The summed E-state index contributed by atoms with van der Waals surface area (Å²) in [5, 5.41) is 11.6. The lowest BCUT2D eigenvalue weighted by Crippen LogP contribution is -2.58. The molecule has 2 fully saturated rings. The summed E-state index contributed by atoms with van der Waals surface area (Å²) in [6.07, 6.45) is 3.80. The Morgan fingerprint density at radius 1 is 1.30 bits per heavy atom. The number of carboxylic acid groups (broad SMARTS) is 1. The molecule has 20 heavy (non-hydrogen) atoms. The van der Waals surface area contributed by atoms with Gasteiger partial charge in [0, 0.05) is 38.6 Å². The topological polar surface area (TPSA) is 72.9 Å². The van der Waals surface area contributed by atoms with E-state index in [1.54, 1.807) is 0 Å². The van der Waals surface area contributed by atoms with Gasteiger partial charge >= 0.3 is 12.0 Å². The van der Waals surface area contributed by atoms with Gasteiger partial charge in [-0.25, -0.2) is 4.79 Å². The zero-order valence-electron chi connectivity index (χ0n) is 12.2. The standard InChI is InChI=1S/C14H25N3O3/c1-11(8-13(18)19)9-15-14(20)17-7-6-16-5-3-2-4-12(16)10-17/h11-12H,2-10H2,1H3,(H,15,20)(H,18,19). The van der Waals surface area contributed by atoms with Crippen molar-refractivity contribution in [3.05, 3.63) is 0 Å². The van der Waals surface area contributed by atoms with Crippen LogP contribution in [-0.4, -0.2) is 65.7 Å². The zero-order chi connectivity index (χ0) is 14.5. The number of nitrogens with one attached hydrogen (secondary N) is 1. The van der Waals surface area contributed by atoms with Gasteiger partial charge in [0.1, 0.15) is 0 Å². The number of piperidine rings is 1. The number of urea groups is 1. The average Bonchev–Trinajstić information content (AvgIpc) is 2.43. The molecule has 0 saturated carbocycles. The van der Waals surface area contributed by atoms with Crippen molar-refractivity contribution in [1.29, 1.82) is 0 Å². The SMILES string of the molecule is CC(CNC(=O)N1CCN2CCCCC2C1)CC(=O)O. The fraction of sp³-hybridized carbons (Fsp3) is 0.857. The lowest BCUT2D eigenvalue weighted by atomic mass is 10.00. The quantitative estimate of drug-likeness (QED) is 0.806. The molecule has 2 unspecified atom stereocenters. The van der Waals surface area contributed by atoms with Crippen molar-refractivity contribution in [2.24, 2.45) is 5.92 Å². The Balaban J connectivity index is 1.74. The Bertz CT molecular complexity index is 362. The Morgan fingerprint density at radius 2 is 2.10 bits per heavy atom. The molecule has 2 aliphatic rings. The second-order valence-electron chi connectivity index (χ2n) is 6.02. The lowest BCUT2D eigenvalue weighted by molar-refractivity contribution is -0.137. The van der Waals surface area contributed by atoms with Crippen LogP contribution < -0.4 is 5.32 Å². The van der Waals surface area contributed by atoms with E-state index in [1.807, 2.05) is 11.8 Å². The second kappa shape index (κ2) is 6.92. The summed E-state index contributed by atoms with van der Waals surface area (Å²) in [4.78, 5) is 27.1. The molecule has 0 aromatic heterocycles. The number of carbonyl (C=O) groups excluding carboxylic acids is 1. The Morgan fingerprint density at radius 3 is 2.85 bits per heavy atom. The molecule has 0 aromatic rings. The molecular weight excluding hydrogens is 258 g/mol. The van der Waals surface area contributed by atoms with Gasteiger partial charge in [-0.1, -0.05) is 13.3 Å². The fourth-order valence-corrected chi connectivity index (χ4v) is 3.08. The van der Waals surface area contributed by atoms with Crippen LogP contribution in [-0.2, 0) is 4.79 Å². The van der Waals surface area contributed by atoms with Crippen LogP contribution in [0.25, 0.3) is 0 Å². The molecule has 2 N–H and O–H groups in total. The lowest BCUT2D eigenvalue weighted by Gasteiger charge is -2.43. The van der Waals surface area contributed by atoms with E-state index in [9.17, 15) is 9.59 Å². The van der Waals surface area contributed by atoms with Crippen molar-refractivity contribution in [3.8, 4) is 0 Å². The number of amides is 2. The molecule has 0 aliphatic carbocycles. The minimum atomic E-state index is -0.817. The van der Waals surface area contributed by atoms with Crippen LogP contribution in [0.5, 0.6) is 0 Å². The molecule has 2 heterocycles. The maximum atomic E-state index is 12.1. The summed E-state index contributed by atoms with van der Waals surface area (Å²) in [6.45, 7) is 5.97. The van der Waals surface area contributed by atoms with E-state index in [1.165, 1.54) is 19.3 Å². The van der Waals surface area contributed by atoms with E-state index in [0.717, 1.165) is 26.2 Å². The number of rotatable bonds is 4. The highest BCUT2D eigenvalue weighted by Crippen LogP contribution is 2.20. The average molecular weight is 283 g/mol. The number of carbonyl (C=O) groups is 2. The minimum Gasteiger partial charge on any atom is -0.481 e. The molecule has 0 bridgehead atoms. The monoisotopic (exact) mass is 283 g/mol. The van der Waals surface area contributed by atoms with Gasteiger partial charge in [0.2, 0.25) is 0 Å². The molecule has 2 amide bonds. The minimum absolute atomic E-state index is 0.0348. The van der Waals surface area contributed by atoms with E-state index in [2.05, 4.69) is 10.2 Å². The molecule has 0 spiro atoms. The molecule has 6 heteroatoms.